The van der Waals surface area contributed by atoms with E-state index in [4.69, 9.17) is 5.73 Å². The van der Waals surface area contributed by atoms with E-state index in [0.29, 0.717) is 11.4 Å². The molecule has 0 amide bonds. The highest BCUT2D eigenvalue weighted by Gasteiger charge is 2.37. The highest BCUT2D eigenvalue weighted by Crippen LogP contribution is 2.34. The predicted octanol–water partition coefficient (Wildman–Crippen LogP) is 2.35. The van der Waals surface area contributed by atoms with Crippen molar-refractivity contribution in [2.75, 3.05) is 6.54 Å². The lowest BCUT2D eigenvalue weighted by Gasteiger charge is -2.18. The Morgan fingerprint density at radius 1 is 1.24 bits per heavy atom. The molecule has 2 N–H and O–H groups in total. The summed E-state index contributed by atoms with van der Waals surface area (Å²) in [6.07, 6.45) is 2.62. The number of hydrogen-bond donors (Lipinski definition) is 1. The first-order chi connectivity index (χ1) is 8.05. The van der Waals surface area contributed by atoms with Crippen LogP contribution in [0.15, 0.2) is 33.6 Å². The van der Waals surface area contributed by atoms with E-state index < -0.39 is 9.84 Å². The molecule has 5 heteroatoms. The van der Waals surface area contributed by atoms with Crippen LogP contribution >= 0.6 is 15.9 Å². The highest BCUT2D eigenvalue weighted by atomic mass is 79.9. The molecule has 2 unspecified atom stereocenters. The number of hydrogen-bond acceptors (Lipinski definition) is 3. The molecular weight excluding hydrogens is 302 g/mol. The minimum absolute atomic E-state index is 0.114. The lowest BCUT2D eigenvalue weighted by Crippen LogP contribution is -2.30. The zero-order valence-electron chi connectivity index (χ0n) is 9.47. The molecule has 1 aliphatic rings. The van der Waals surface area contributed by atoms with Crippen molar-refractivity contribution in [3.8, 4) is 0 Å². The minimum Gasteiger partial charge on any atom is -0.330 e. The van der Waals surface area contributed by atoms with Crippen molar-refractivity contribution in [2.45, 2.75) is 29.4 Å². The van der Waals surface area contributed by atoms with E-state index in [0.717, 1.165) is 23.7 Å². The lowest BCUT2D eigenvalue weighted by molar-refractivity contribution is 0.523. The Hall–Kier alpha value is -0.390. The molecule has 1 fully saturated rings. The molecule has 0 heterocycles. The standard InChI is InChI=1S/C12H16BrNO2S/c13-10-4-6-11(7-5-10)17(15,16)12-3-1-2-9(12)8-14/h4-7,9,12H,1-3,8,14H2. The molecular formula is C12H16BrNO2S. The topological polar surface area (TPSA) is 60.2 Å². The Kier molecular flexibility index (Phi) is 3.90. The predicted molar refractivity (Wildman–Crippen MR) is 71.5 cm³/mol. The molecule has 0 saturated heterocycles. The Bertz CT molecular complexity index is 484. The van der Waals surface area contributed by atoms with Crippen LogP contribution in [0.2, 0.25) is 0 Å². The van der Waals surface area contributed by atoms with E-state index in [1.807, 2.05) is 0 Å². The van der Waals surface area contributed by atoms with Gasteiger partial charge < -0.3 is 5.73 Å². The summed E-state index contributed by atoms with van der Waals surface area (Å²) in [6.45, 7) is 0.459. The second-order valence-corrected chi connectivity index (χ2v) is 7.55. The summed E-state index contributed by atoms with van der Waals surface area (Å²) in [5.41, 5.74) is 5.65. The number of sulfone groups is 1. The Morgan fingerprint density at radius 3 is 2.47 bits per heavy atom. The molecule has 2 atom stereocenters. The van der Waals surface area contributed by atoms with Crippen molar-refractivity contribution in [3.05, 3.63) is 28.7 Å². The van der Waals surface area contributed by atoms with Crippen molar-refractivity contribution in [1.29, 1.82) is 0 Å². The molecule has 1 saturated carbocycles. The number of halogens is 1. The van der Waals surface area contributed by atoms with E-state index in [-0.39, 0.29) is 11.2 Å². The molecule has 0 bridgehead atoms. The van der Waals surface area contributed by atoms with E-state index >= 15 is 0 Å². The lowest BCUT2D eigenvalue weighted by atomic mass is 10.1. The zero-order valence-corrected chi connectivity index (χ0v) is 11.9. The van der Waals surface area contributed by atoms with Crippen LogP contribution in [0.4, 0.5) is 0 Å². The summed E-state index contributed by atoms with van der Waals surface area (Å²) in [5, 5.41) is -0.298. The average Bonchev–Trinajstić information content (AvgIpc) is 2.78. The fourth-order valence-electron chi connectivity index (χ4n) is 2.48. The normalized spacial score (nSPS) is 25.1. The molecule has 0 aliphatic heterocycles. The largest absolute Gasteiger partial charge is 0.330 e. The fraction of sp³-hybridized carbons (Fsp3) is 0.500. The second-order valence-electron chi connectivity index (χ2n) is 4.46. The van der Waals surface area contributed by atoms with Crippen LogP contribution in [0.1, 0.15) is 19.3 Å². The van der Waals surface area contributed by atoms with Crippen molar-refractivity contribution in [1.82, 2.24) is 0 Å². The van der Waals surface area contributed by atoms with Crippen LogP contribution in [0.25, 0.3) is 0 Å². The number of nitrogens with two attached hydrogens (primary N) is 1. The van der Waals surface area contributed by atoms with Gasteiger partial charge in [0, 0.05) is 4.47 Å². The monoisotopic (exact) mass is 317 g/mol. The SMILES string of the molecule is NCC1CCCC1S(=O)(=O)c1ccc(Br)cc1. The summed E-state index contributed by atoms with van der Waals surface area (Å²) in [7, 11) is -3.22. The van der Waals surface area contributed by atoms with Gasteiger partial charge in [-0.25, -0.2) is 8.42 Å². The first-order valence-electron chi connectivity index (χ1n) is 5.75. The van der Waals surface area contributed by atoms with E-state index in [2.05, 4.69) is 15.9 Å². The third-order valence-electron chi connectivity index (χ3n) is 3.43. The molecule has 1 aliphatic carbocycles. The smallest absolute Gasteiger partial charge is 0.181 e. The van der Waals surface area contributed by atoms with Crippen LogP contribution in [0, 0.1) is 5.92 Å². The number of rotatable bonds is 3. The van der Waals surface area contributed by atoms with E-state index in [1.165, 1.54) is 0 Å². The number of benzene rings is 1. The van der Waals surface area contributed by atoms with Gasteiger partial charge >= 0.3 is 0 Å². The maximum Gasteiger partial charge on any atom is 0.181 e. The van der Waals surface area contributed by atoms with Crippen molar-refractivity contribution < 1.29 is 8.42 Å². The van der Waals surface area contributed by atoms with Crippen molar-refractivity contribution in [3.63, 3.8) is 0 Å². The average molecular weight is 318 g/mol. The van der Waals surface area contributed by atoms with Crippen LogP contribution in [-0.4, -0.2) is 20.2 Å². The van der Waals surface area contributed by atoms with E-state index in [1.54, 1.807) is 24.3 Å². The van der Waals surface area contributed by atoms with Crippen LogP contribution < -0.4 is 5.73 Å². The van der Waals surface area contributed by atoms with Gasteiger partial charge in [0.05, 0.1) is 10.1 Å². The molecule has 0 radical (unpaired) electrons. The molecule has 2 rings (SSSR count). The van der Waals surface area contributed by atoms with Gasteiger partial charge in [-0.1, -0.05) is 22.4 Å². The van der Waals surface area contributed by atoms with Crippen molar-refractivity contribution >= 4 is 25.8 Å². The first kappa shape index (κ1) is 13.1. The summed E-state index contributed by atoms with van der Waals surface area (Å²) in [4.78, 5) is 0.408. The third-order valence-corrected chi connectivity index (χ3v) is 6.31. The van der Waals surface area contributed by atoms with Gasteiger partial charge in [0.15, 0.2) is 9.84 Å². The summed E-state index contributed by atoms with van der Waals surface area (Å²) >= 11 is 3.31. The minimum atomic E-state index is -3.22. The van der Waals surface area contributed by atoms with Gasteiger partial charge in [-0.15, -0.1) is 0 Å². The fourth-order valence-corrected chi connectivity index (χ4v) is 4.84. The molecule has 17 heavy (non-hydrogen) atoms. The van der Waals surface area contributed by atoms with Gasteiger partial charge in [0.1, 0.15) is 0 Å². The van der Waals surface area contributed by atoms with Gasteiger partial charge in [-0.05, 0) is 49.6 Å². The van der Waals surface area contributed by atoms with Gasteiger partial charge in [0.25, 0.3) is 0 Å². The van der Waals surface area contributed by atoms with Gasteiger partial charge in [-0.2, -0.15) is 0 Å². The quantitative estimate of drug-likeness (QED) is 0.930. The zero-order chi connectivity index (χ0) is 12.5. The summed E-state index contributed by atoms with van der Waals surface area (Å²) in [6, 6.07) is 6.84. The molecule has 94 valence electrons. The Morgan fingerprint density at radius 2 is 1.88 bits per heavy atom. The molecule has 1 aromatic carbocycles. The van der Waals surface area contributed by atoms with Crippen LogP contribution in [-0.2, 0) is 9.84 Å². The molecule has 0 spiro atoms. The Balaban J connectivity index is 2.33. The maximum absolute atomic E-state index is 12.4. The van der Waals surface area contributed by atoms with Crippen LogP contribution in [0.3, 0.4) is 0 Å². The van der Waals surface area contributed by atoms with Gasteiger partial charge in [-0.3, -0.25) is 0 Å². The highest BCUT2D eigenvalue weighted by molar-refractivity contribution is 9.10. The molecule has 0 aromatic heterocycles. The maximum atomic E-state index is 12.4. The summed E-state index contributed by atoms with van der Waals surface area (Å²) < 4.78 is 25.8. The Labute approximate surface area is 110 Å². The van der Waals surface area contributed by atoms with Crippen molar-refractivity contribution in [2.24, 2.45) is 11.7 Å². The van der Waals surface area contributed by atoms with Crippen LogP contribution in [0.5, 0.6) is 0 Å². The van der Waals surface area contributed by atoms with Gasteiger partial charge in [0.2, 0.25) is 0 Å². The molecule has 3 nitrogen and oxygen atoms in total. The first-order valence-corrected chi connectivity index (χ1v) is 8.09. The van der Waals surface area contributed by atoms with E-state index in [9.17, 15) is 8.42 Å². The summed E-state index contributed by atoms with van der Waals surface area (Å²) in [5.74, 6) is 0.114. The second kappa shape index (κ2) is 5.08. The molecule has 1 aromatic rings. The third kappa shape index (κ3) is 2.56.